The fraction of sp³-hybridized carbons (Fsp3) is 0.385. The van der Waals surface area contributed by atoms with Crippen molar-refractivity contribution in [3.05, 3.63) is 41.5 Å². The van der Waals surface area contributed by atoms with Gasteiger partial charge < -0.3 is 10.5 Å². The Morgan fingerprint density at radius 1 is 1.37 bits per heavy atom. The number of rotatable bonds is 5. The largest absolute Gasteiger partial charge is 0.467 e. The summed E-state index contributed by atoms with van der Waals surface area (Å²) in [7, 11) is 1.53. The van der Waals surface area contributed by atoms with Gasteiger partial charge in [-0.2, -0.15) is 0 Å². The molecule has 0 spiro atoms. The standard InChI is InChI=1S/C13H17FN4O/c1-3-18-12(16-17-13(18)19-2)11(15)8-9-6-4-5-7-10(9)14/h4-7,11H,3,8,15H2,1-2H3/t11-/m1/s1. The fourth-order valence-electron chi connectivity index (χ4n) is 2.01. The van der Waals surface area contributed by atoms with Crippen molar-refractivity contribution in [2.24, 2.45) is 5.73 Å². The van der Waals surface area contributed by atoms with E-state index in [1.54, 1.807) is 22.8 Å². The molecule has 19 heavy (non-hydrogen) atoms. The van der Waals surface area contributed by atoms with Gasteiger partial charge in [-0.1, -0.05) is 23.3 Å². The third-order valence-electron chi connectivity index (χ3n) is 2.97. The molecule has 0 saturated heterocycles. The Hall–Kier alpha value is -1.95. The first-order chi connectivity index (χ1) is 9.17. The summed E-state index contributed by atoms with van der Waals surface area (Å²) in [6, 6.07) is 6.58. The summed E-state index contributed by atoms with van der Waals surface area (Å²) < 4.78 is 20.5. The molecule has 0 fully saturated rings. The van der Waals surface area contributed by atoms with Crippen molar-refractivity contribution in [3.63, 3.8) is 0 Å². The van der Waals surface area contributed by atoms with Gasteiger partial charge in [0.15, 0.2) is 5.82 Å². The van der Waals surface area contributed by atoms with Crippen LogP contribution in [0.5, 0.6) is 6.01 Å². The number of hydrogen-bond acceptors (Lipinski definition) is 4. The van der Waals surface area contributed by atoms with Crippen molar-refractivity contribution in [2.45, 2.75) is 25.9 Å². The van der Waals surface area contributed by atoms with E-state index in [0.29, 0.717) is 30.4 Å². The zero-order valence-corrected chi connectivity index (χ0v) is 11.0. The topological polar surface area (TPSA) is 66.0 Å². The zero-order valence-electron chi connectivity index (χ0n) is 11.0. The molecule has 0 unspecified atom stereocenters. The maximum Gasteiger partial charge on any atom is 0.316 e. The normalized spacial score (nSPS) is 12.4. The molecule has 5 nitrogen and oxygen atoms in total. The Balaban J connectivity index is 2.23. The molecule has 0 amide bonds. The average molecular weight is 264 g/mol. The van der Waals surface area contributed by atoms with E-state index in [4.69, 9.17) is 10.5 Å². The van der Waals surface area contributed by atoms with Gasteiger partial charge in [-0.3, -0.25) is 4.57 Å². The summed E-state index contributed by atoms with van der Waals surface area (Å²) in [5.41, 5.74) is 6.66. The van der Waals surface area contributed by atoms with E-state index < -0.39 is 6.04 Å². The van der Waals surface area contributed by atoms with E-state index >= 15 is 0 Å². The van der Waals surface area contributed by atoms with Crippen molar-refractivity contribution >= 4 is 0 Å². The molecule has 0 aliphatic rings. The highest BCUT2D eigenvalue weighted by molar-refractivity contribution is 5.20. The van der Waals surface area contributed by atoms with Gasteiger partial charge in [0.25, 0.3) is 0 Å². The number of aromatic nitrogens is 3. The Morgan fingerprint density at radius 2 is 2.11 bits per heavy atom. The van der Waals surface area contributed by atoms with Gasteiger partial charge in [-0.15, -0.1) is 5.10 Å². The molecular weight excluding hydrogens is 247 g/mol. The minimum atomic E-state index is -0.423. The lowest BCUT2D eigenvalue weighted by molar-refractivity contribution is 0.354. The first-order valence-corrected chi connectivity index (χ1v) is 6.13. The highest BCUT2D eigenvalue weighted by Gasteiger charge is 2.19. The van der Waals surface area contributed by atoms with E-state index in [1.807, 2.05) is 6.92 Å². The van der Waals surface area contributed by atoms with Gasteiger partial charge in [-0.05, 0) is 25.0 Å². The number of halogens is 1. The lowest BCUT2D eigenvalue weighted by atomic mass is 10.1. The number of nitrogens with zero attached hydrogens (tertiary/aromatic N) is 3. The van der Waals surface area contributed by atoms with Crippen LogP contribution >= 0.6 is 0 Å². The Labute approximate surface area is 111 Å². The summed E-state index contributed by atoms with van der Waals surface area (Å²) in [5.74, 6) is 0.343. The Kier molecular flexibility index (Phi) is 4.11. The van der Waals surface area contributed by atoms with Gasteiger partial charge in [-0.25, -0.2) is 4.39 Å². The molecule has 2 N–H and O–H groups in total. The second-order valence-corrected chi connectivity index (χ2v) is 4.19. The molecule has 1 atom stereocenters. The number of hydrogen-bond donors (Lipinski definition) is 1. The van der Waals surface area contributed by atoms with Crippen molar-refractivity contribution in [3.8, 4) is 6.01 Å². The van der Waals surface area contributed by atoms with Crippen molar-refractivity contribution in [2.75, 3.05) is 7.11 Å². The molecule has 1 aromatic heterocycles. The SMILES string of the molecule is CCn1c(OC)nnc1[C@H](N)Cc1ccccc1F. The van der Waals surface area contributed by atoms with Crippen LogP contribution in [0.3, 0.4) is 0 Å². The molecule has 1 aromatic carbocycles. The van der Waals surface area contributed by atoms with Crippen molar-refractivity contribution in [1.29, 1.82) is 0 Å². The van der Waals surface area contributed by atoms with E-state index in [-0.39, 0.29) is 5.82 Å². The second-order valence-electron chi connectivity index (χ2n) is 4.19. The van der Waals surface area contributed by atoms with Crippen LogP contribution in [-0.4, -0.2) is 21.9 Å². The molecule has 1 heterocycles. The molecule has 102 valence electrons. The molecule has 0 aliphatic carbocycles. The molecule has 2 aromatic rings. The van der Waals surface area contributed by atoms with Crippen molar-refractivity contribution < 1.29 is 9.13 Å². The summed E-state index contributed by atoms with van der Waals surface area (Å²) >= 11 is 0. The molecule has 0 bridgehead atoms. The third kappa shape index (κ3) is 2.73. The van der Waals surface area contributed by atoms with Gasteiger partial charge in [0, 0.05) is 6.54 Å². The van der Waals surface area contributed by atoms with Crippen LogP contribution in [0.2, 0.25) is 0 Å². The average Bonchev–Trinajstić information content (AvgIpc) is 2.84. The maximum atomic E-state index is 13.6. The molecular formula is C13H17FN4O. The first kappa shape index (κ1) is 13.5. The van der Waals surface area contributed by atoms with Gasteiger partial charge in [0.1, 0.15) is 5.82 Å². The van der Waals surface area contributed by atoms with Crippen LogP contribution in [0, 0.1) is 5.82 Å². The van der Waals surface area contributed by atoms with Crippen LogP contribution in [-0.2, 0) is 13.0 Å². The smallest absolute Gasteiger partial charge is 0.316 e. The number of benzene rings is 1. The van der Waals surface area contributed by atoms with Crippen LogP contribution in [0.1, 0.15) is 24.4 Å². The summed E-state index contributed by atoms with van der Waals surface area (Å²) in [5, 5.41) is 7.93. The summed E-state index contributed by atoms with van der Waals surface area (Å²) in [4.78, 5) is 0. The van der Waals surface area contributed by atoms with E-state index in [1.165, 1.54) is 13.2 Å². The van der Waals surface area contributed by atoms with Crippen LogP contribution in [0.4, 0.5) is 4.39 Å². The predicted molar refractivity (Wildman–Crippen MR) is 69.3 cm³/mol. The van der Waals surface area contributed by atoms with Gasteiger partial charge >= 0.3 is 6.01 Å². The van der Waals surface area contributed by atoms with Crippen molar-refractivity contribution in [1.82, 2.24) is 14.8 Å². The maximum absolute atomic E-state index is 13.6. The second kappa shape index (κ2) is 5.79. The first-order valence-electron chi connectivity index (χ1n) is 6.13. The highest BCUT2D eigenvalue weighted by atomic mass is 19.1. The molecule has 0 saturated carbocycles. The molecule has 6 heteroatoms. The van der Waals surface area contributed by atoms with E-state index in [2.05, 4.69) is 10.2 Å². The number of nitrogens with two attached hydrogens (primary N) is 1. The van der Waals surface area contributed by atoms with E-state index in [0.717, 1.165) is 0 Å². The van der Waals surface area contributed by atoms with Gasteiger partial charge in [0.05, 0.1) is 13.2 Å². The Morgan fingerprint density at radius 3 is 2.74 bits per heavy atom. The minimum absolute atomic E-state index is 0.257. The quantitative estimate of drug-likeness (QED) is 0.892. The number of ether oxygens (including phenoxy) is 1. The van der Waals surface area contributed by atoms with Crippen LogP contribution in [0.15, 0.2) is 24.3 Å². The summed E-state index contributed by atoms with van der Waals surface area (Å²) in [6.07, 6.45) is 0.370. The highest BCUT2D eigenvalue weighted by Crippen LogP contribution is 2.20. The monoisotopic (exact) mass is 264 g/mol. The van der Waals surface area contributed by atoms with Crippen LogP contribution < -0.4 is 10.5 Å². The molecule has 0 radical (unpaired) electrons. The van der Waals surface area contributed by atoms with Gasteiger partial charge in [0.2, 0.25) is 0 Å². The Bertz CT molecular complexity index is 555. The lowest BCUT2D eigenvalue weighted by Crippen LogP contribution is -2.19. The fourth-order valence-corrected chi connectivity index (χ4v) is 2.01. The lowest BCUT2D eigenvalue weighted by Gasteiger charge is -2.13. The van der Waals surface area contributed by atoms with E-state index in [9.17, 15) is 4.39 Å². The van der Waals surface area contributed by atoms with Crippen LogP contribution in [0.25, 0.3) is 0 Å². The zero-order chi connectivity index (χ0) is 13.8. The summed E-state index contributed by atoms with van der Waals surface area (Å²) in [6.45, 7) is 2.60. The molecule has 0 aliphatic heterocycles. The minimum Gasteiger partial charge on any atom is -0.467 e. The predicted octanol–water partition coefficient (Wildman–Crippen LogP) is 1.69. The third-order valence-corrected chi connectivity index (χ3v) is 2.97. The number of methoxy groups -OCH3 is 1. The molecule has 2 rings (SSSR count).